The average molecular weight is 296 g/mol. The van der Waals surface area contributed by atoms with E-state index in [1.54, 1.807) is 11.8 Å². The summed E-state index contributed by atoms with van der Waals surface area (Å²) in [4.78, 5) is 14.1. The van der Waals surface area contributed by atoms with Crippen LogP contribution >= 0.6 is 0 Å². The summed E-state index contributed by atoms with van der Waals surface area (Å²) in [5.74, 6) is -1.14. The van der Waals surface area contributed by atoms with Crippen LogP contribution in [0.3, 0.4) is 0 Å². The first kappa shape index (κ1) is 15.7. The molecule has 1 heterocycles. The summed E-state index contributed by atoms with van der Waals surface area (Å²) in [7, 11) is 0. The smallest absolute Gasteiger partial charge is 0.254 e. The zero-order valence-corrected chi connectivity index (χ0v) is 12.6. The number of carbonyl (C=O) groups is 1. The number of anilines is 1. The van der Waals surface area contributed by atoms with Gasteiger partial charge in [-0.05, 0) is 44.2 Å². The molecule has 1 aromatic rings. The number of nitrogens with one attached hydrogen (secondary N) is 1. The molecule has 1 N–H and O–H groups in total. The highest BCUT2D eigenvalue weighted by atomic mass is 19.1. The van der Waals surface area contributed by atoms with Crippen LogP contribution in [0.4, 0.5) is 14.5 Å². The molecule has 1 fully saturated rings. The molecule has 0 aliphatic carbocycles. The second-order valence-electron chi connectivity index (χ2n) is 5.67. The van der Waals surface area contributed by atoms with Crippen molar-refractivity contribution >= 4 is 11.6 Å². The van der Waals surface area contributed by atoms with Crippen LogP contribution in [-0.4, -0.2) is 30.4 Å². The predicted octanol–water partition coefficient (Wildman–Crippen LogP) is 3.66. The van der Waals surface area contributed by atoms with Gasteiger partial charge in [-0.1, -0.05) is 6.92 Å². The quantitative estimate of drug-likeness (QED) is 0.923. The minimum absolute atomic E-state index is 0.0845. The molecule has 1 atom stereocenters. The van der Waals surface area contributed by atoms with E-state index in [2.05, 4.69) is 12.2 Å². The summed E-state index contributed by atoms with van der Waals surface area (Å²) >= 11 is 0. The molecule has 1 aromatic carbocycles. The Bertz CT molecular complexity index is 496. The molecule has 0 aromatic heterocycles. The molecule has 0 bridgehead atoms. The number of likely N-dealkylation sites (tertiary alicyclic amines) is 1. The lowest BCUT2D eigenvalue weighted by atomic mass is 10.0. The highest BCUT2D eigenvalue weighted by Crippen LogP contribution is 2.23. The van der Waals surface area contributed by atoms with Crippen molar-refractivity contribution in [1.82, 2.24) is 4.90 Å². The van der Waals surface area contributed by atoms with Crippen molar-refractivity contribution in [2.24, 2.45) is 5.92 Å². The molecule has 2 rings (SSSR count). The third-order valence-corrected chi connectivity index (χ3v) is 3.95. The third-order valence-electron chi connectivity index (χ3n) is 3.95. The number of carbonyl (C=O) groups excluding carboxylic acids is 1. The Balaban J connectivity index is 2.19. The second kappa shape index (κ2) is 6.87. The fourth-order valence-electron chi connectivity index (χ4n) is 2.69. The average Bonchev–Trinajstić information content (AvgIpc) is 2.66. The molecule has 0 spiro atoms. The summed E-state index contributed by atoms with van der Waals surface area (Å²) in [5.41, 5.74) is -0.0836. The van der Waals surface area contributed by atoms with Gasteiger partial charge in [0.1, 0.15) is 17.3 Å². The molecule has 3 nitrogen and oxygen atoms in total. The van der Waals surface area contributed by atoms with E-state index < -0.39 is 11.6 Å². The molecule has 0 radical (unpaired) electrons. The minimum atomic E-state index is -0.719. The van der Waals surface area contributed by atoms with Crippen LogP contribution in [0.15, 0.2) is 12.1 Å². The van der Waals surface area contributed by atoms with E-state index in [1.165, 1.54) is 0 Å². The number of amides is 1. The van der Waals surface area contributed by atoms with Crippen LogP contribution in [0.2, 0.25) is 0 Å². The molecule has 1 aliphatic rings. The monoisotopic (exact) mass is 296 g/mol. The van der Waals surface area contributed by atoms with Crippen LogP contribution in [0.1, 0.15) is 43.5 Å². The lowest BCUT2D eigenvalue weighted by Crippen LogP contribution is -2.32. The maximum absolute atomic E-state index is 13.9. The van der Waals surface area contributed by atoms with E-state index in [0.29, 0.717) is 25.6 Å². The molecular formula is C16H22F2N2O. The Morgan fingerprint density at radius 3 is 2.57 bits per heavy atom. The number of hydrogen-bond donors (Lipinski definition) is 1. The number of nitrogens with zero attached hydrogens (tertiary/aromatic N) is 1. The van der Waals surface area contributed by atoms with Gasteiger partial charge in [0.25, 0.3) is 5.91 Å². The lowest BCUT2D eigenvalue weighted by Gasteiger charge is -2.21. The van der Waals surface area contributed by atoms with Gasteiger partial charge < -0.3 is 10.2 Å². The van der Waals surface area contributed by atoms with Crippen molar-refractivity contribution in [1.29, 1.82) is 0 Å². The van der Waals surface area contributed by atoms with Gasteiger partial charge in [0.15, 0.2) is 0 Å². The van der Waals surface area contributed by atoms with E-state index in [9.17, 15) is 13.6 Å². The SMILES string of the molecule is CCNc1c(F)cc(C(=O)N2CCCC(C)CC2)cc1F. The second-order valence-corrected chi connectivity index (χ2v) is 5.67. The van der Waals surface area contributed by atoms with Gasteiger partial charge in [-0.15, -0.1) is 0 Å². The van der Waals surface area contributed by atoms with Crippen molar-refractivity contribution in [3.8, 4) is 0 Å². The Morgan fingerprint density at radius 1 is 1.29 bits per heavy atom. The first-order chi connectivity index (χ1) is 10.0. The van der Waals surface area contributed by atoms with Gasteiger partial charge in [0, 0.05) is 25.2 Å². The van der Waals surface area contributed by atoms with Crippen LogP contribution < -0.4 is 5.32 Å². The van der Waals surface area contributed by atoms with E-state index in [0.717, 1.165) is 31.4 Å². The number of halogens is 2. The maximum Gasteiger partial charge on any atom is 0.254 e. The van der Waals surface area contributed by atoms with Crippen LogP contribution in [0.25, 0.3) is 0 Å². The largest absolute Gasteiger partial charge is 0.381 e. The van der Waals surface area contributed by atoms with Crippen molar-refractivity contribution in [3.63, 3.8) is 0 Å². The number of hydrogen-bond acceptors (Lipinski definition) is 2. The molecule has 21 heavy (non-hydrogen) atoms. The summed E-state index contributed by atoms with van der Waals surface area (Å²) in [6.07, 6.45) is 2.96. The lowest BCUT2D eigenvalue weighted by molar-refractivity contribution is 0.0759. The fourth-order valence-corrected chi connectivity index (χ4v) is 2.69. The van der Waals surface area contributed by atoms with Crippen LogP contribution in [0, 0.1) is 17.6 Å². The fraction of sp³-hybridized carbons (Fsp3) is 0.562. The normalized spacial score (nSPS) is 19.2. The number of rotatable bonds is 3. The van der Waals surface area contributed by atoms with E-state index >= 15 is 0 Å². The van der Waals surface area contributed by atoms with Crippen molar-refractivity contribution in [2.75, 3.05) is 25.0 Å². The molecule has 1 saturated heterocycles. The van der Waals surface area contributed by atoms with E-state index in [4.69, 9.17) is 0 Å². The highest BCUT2D eigenvalue weighted by Gasteiger charge is 2.22. The van der Waals surface area contributed by atoms with Crippen LogP contribution in [-0.2, 0) is 0 Å². The van der Waals surface area contributed by atoms with Gasteiger partial charge in [-0.3, -0.25) is 4.79 Å². The molecule has 0 saturated carbocycles. The van der Waals surface area contributed by atoms with Gasteiger partial charge in [-0.2, -0.15) is 0 Å². The highest BCUT2D eigenvalue weighted by molar-refractivity contribution is 5.94. The predicted molar refractivity (Wildman–Crippen MR) is 79.4 cm³/mol. The summed E-state index contributed by atoms with van der Waals surface area (Å²) in [6, 6.07) is 2.25. The van der Waals surface area contributed by atoms with Gasteiger partial charge >= 0.3 is 0 Å². The van der Waals surface area contributed by atoms with Crippen LogP contribution in [0.5, 0.6) is 0 Å². The van der Waals surface area contributed by atoms with Gasteiger partial charge in [-0.25, -0.2) is 8.78 Å². The topological polar surface area (TPSA) is 32.3 Å². The first-order valence-electron chi connectivity index (χ1n) is 7.55. The molecule has 1 unspecified atom stereocenters. The Labute approximate surface area is 124 Å². The number of benzene rings is 1. The van der Waals surface area contributed by atoms with Gasteiger partial charge in [0.2, 0.25) is 0 Å². The first-order valence-corrected chi connectivity index (χ1v) is 7.55. The Kier molecular flexibility index (Phi) is 5.15. The van der Waals surface area contributed by atoms with E-state index in [1.807, 2.05) is 0 Å². The standard InChI is InChI=1S/C16H22F2N2O/c1-3-19-15-13(17)9-12(10-14(15)18)16(21)20-7-4-5-11(2)6-8-20/h9-11,19H,3-8H2,1-2H3. The Morgan fingerprint density at radius 2 is 1.95 bits per heavy atom. The molecule has 1 aliphatic heterocycles. The molecule has 5 heteroatoms. The van der Waals surface area contributed by atoms with Gasteiger partial charge in [0.05, 0.1) is 0 Å². The minimum Gasteiger partial charge on any atom is -0.381 e. The van der Waals surface area contributed by atoms with Crippen molar-refractivity contribution in [3.05, 3.63) is 29.3 Å². The van der Waals surface area contributed by atoms with Crippen molar-refractivity contribution in [2.45, 2.75) is 33.1 Å². The molecular weight excluding hydrogens is 274 g/mol. The van der Waals surface area contributed by atoms with E-state index in [-0.39, 0.29) is 17.2 Å². The van der Waals surface area contributed by atoms with Crippen molar-refractivity contribution < 1.29 is 13.6 Å². The maximum atomic E-state index is 13.9. The summed E-state index contributed by atoms with van der Waals surface area (Å²) < 4.78 is 27.8. The molecule has 116 valence electrons. The molecule has 1 amide bonds. The summed E-state index contributed by atoms with van der Waals surface area (Å²) in [6.45, 7) is 5.65. The third kappa shape index (κ3) is 3.71. The zero-order valence-electron chi connectivity index (χ0n) is 12.6. The Hall–Kier alpha value is -1.65. The summed E-state index contributed by atoms with van der Waals surface area (Å²) in [5, 5.41) is 2.63. The zero-order chi connectivity index (χ0) is 15.4.